The zero-order valence-electron chi connectivity index (χ0n) is 9.43. The normalized spacial score (nSPS) is 28.9. The van der Waals surface area contributed by atoms with E-state index in [0.717, 1.165) is 12.5 Å². The van der Waals surface area contributed by atoms with Gasteiger partial charge in [0.15, 0.2) is 0 Å². The zero-order valence-corrected chi connectivity index (χ0v) is 9.43. The summed E-state index contributed by atoms with van der Waals surface area (Å²) < 4.78 is 0. The molecule has 0 bridgehead atoms. The molecule has 82 valence electrons. The summed E-state index contributed by atoms with van der Waals surface area (Å²) in [4.78, 5) is 0. The third kappa shape index (κ3) is 1.98. The second-order valence-electron chi connectivity index (χ2n) is 5.46. The Kier molecular flexibility index (Phi) is 3.48. The number of hydrogen-bond donors (Lipinski definition) is 1. The molecule has 0 aliphatic heterocycles. The molecule has 0 amide bonds. The quantitative estimate of drug-likeness (QED) is 0.671. The van der Waals surface area contributed by atoms with Crippen molar-refractivity contribution >= 4 is 0 Å². The molecular formula is C13H25N. The minimum atomic E-state index is 0.562. The van der Waals surface area contributed by atoms with Gasteiger partial charge >= 0.3 is 0 Å². The summed E-state index contributed by atoms with van der Waals surface area (Å²) in [5.41, 5.74) is 6.65. The summed E-state index contributed by atoms with van der Waals surface area (Å²) in [5, 5.41) is 0. The molecule has 2 aliphatic rings. The molecule has 14 heavy (non-hydrogen) atoms. The highest BCUT2D eigenvalue weighted by atomic mass is 14.6. The van der Waals surface area contributed by atoms with Gasteiger partial charge in [-0.3, -0.25) is 0 Å². The molecule has 0 radical (unpaired) electrons. The molecule has 2 N–H and O–H groups in total. The van der Waals surface area contributed by atoms with Crippen LogP contribution in [0.25, 0.3) is 0 Å². The molecule has 0 aromatic heterocycles. The molecule has 0 spiro atoms. The van der Waals surface area contributed by atoms with E-state index in [1.165, 1.54) is 64.2 Å². The SMILES string of the molecule is NCC1(C2CCCC2)CCCCCC1. The van der Waals surface area contributed by atoms with Gasteiger partial charge < -0.3 is 5.73 Å². The Bertz CT molecular complexity index is 162. The van der Waals surface area contributed by atoms with Gasteiger partial charge in [-0.25, -0.2) is 0 Å². The summed E-state index contributed by atoms with van der Waals surface area (Å²) >= 11 is 0. The van der Waals surface area contributed by atoms with Crippen LogP contribution in [0.4, 0.5) is 0 Å². The van der Waals surface area contributed by atoms with Gasteiger partial charge in [-0.2, -0.15) is 0 Å². The average molecular weight is 195 g/mol. The molecule has 0 heterocycles. The van der Waals surface area contributed by atoms with Crippen molar-refractivity contribution in [1.82, 2.24) is 0 Å². The summed E-state index contributed by atoms with van der Waals surface area (Å²) in [5.74, 6) is 0.977. The maximum atomic E-state index is 6.09. The maximum absolute atomic E-state index is 6.09. The third-order valence-corrected chi connectivity index (χ3v) is 4.73. The predicted octanol–water partition coefficient (Wildman–Crippen LogP) is 3.48. The van der Waals surface area contributed by atoms with Crippen LogP contribution in [0.2, 0.25) is 0 Å². The van der Waals surface area contributed by atoms with E-state index in [9.17, 15) is 0 Å². The summed E-state index contributed by atoms with van der Waals surface area (Å²) in [7, 11) is 0. The largest absolute Gasteiger partial charge is 0.330 e. The van der Waals surface area contributed by atoms with E-state index >= 15 is 0 Å². The van der Waals surface area contributed by atoms with Gasteiger partial charge in [-0.15, -0.1) is 0 Å². The summed E-state index contributed by atoms with van der Waals surface area (Å²) in [6, 6.07) is 0. The lowest BCUT2D eigenvalue weighted by molar-refractivity contribution is 0.144. The molecule has 2 aliphatic carbocycles. The fourth-order valence-electron chi connectivity index (χ4n) is 3.75. The van der Waals surface area contributed by atoms with Gasteiger partial charge in [0.2, 0.25) is 0 Å². The van der Waals surface area contributed by atoms with E-state index in [0.29, 0.717) is 5.41 Å². The van der Waals surface area contributed by atoms with Gasteiger partial charge in [0.05, 0.1) is 0 Å². The Morgan fingerprint density at radius 3 is 1.93 bits per heavy atom. The second-order valence-corrected chi connectivity index (χ2v) is 5.46. The first-order valence-corrected chi connectivity index (χ1v) is 6.57. The molecule has 2 saturated carbocycles. The standard InChI is InChI=1S/C13H25N/c14-11-13(12-7-3-4-8-12)9-5-1-2-6-10-13/h12H,1-11,14H2. The van der Waals surface area contributed by atoms with Crippen LogP contribution in [0.15, 0.2) is 0 Å². The smallest absolute Gasteiger partial charge is 0.00179 e. The van der Waals surface area contributed by atoms with Crippen LogP contribution in [0.3, 0.4) is 0 Å². The number of rotatable bonds is 2. The minimum absolute atomic E-state index is 0.562. The van der Waals surface area contributed by atoms with Gasteiger partial charge in [0.1, 0.15) is 0 Å². The number of hydrogen-bond acceptors (Lipinski definition) is 1. The topological polar surface area (TPSA) is 26.0 Å². The van der Waals surface area contributed by atoms with Crippen molar-refractivity contribution in [2.24, 2.45) is 17.1 Å². The van der Waals surface area contributed by atoms with E-state index in [-0.39, 0.29) is 0 Å². The van der Waals surface area contributed by atoms with Crippen LogP contribution < -0.4 is 5.73 Å². The molecule has 1 nitrogen and oxygen atoms in total. The Morgan fingerprint density at radius 1 is 0.857 bits per heavy atom. The van der Waals surface area contributed by atoms with Crippen molar-refractivity contribution in [3.63, 3.8) is 0 Å². The van der Waals surface area contributed by atoms with E-state index in [1.54, 1.807) is 0 Å². The van der Waals surface area contributed by atoms with Crippen LogP contribution in [0.1, 0.15) is 64.2 Å². The minimum Gasteiger partial charge on any atom is -0.330 e. The van der Waals surface area contributed by atoms with Crippen LogP contribution in [0, 0.1) is 11.3 Å². The van der Waals surface area contributed by atoms with Crippen molar-refractivity contribution < 1.29 is 0 Å². The van der Waals surface area contributed by atoms with E-state index in [1.807, 2.05) is 0 Å². The molecule has 0 unspecified atom stereocenters. The Labute approximate surface area is 88.4 Å². The first-order chi connectivity index (χ1) is 6.87. The van der Waals surface area contributed by atoms with Crippen molar-refractivity contribution in [2.45, 2.75) is 64.2 Å². The highest BCUT2D eigenvalue weighted by Crippen LogP contribution is 2.47. The summed E-state index contributed by atoms with van der Waals surface area (Å²) in [6.07, 6.45) is 14.5. The molecule has 0 saturated heterocycles. The van der Waals surface area contributed by atoms with Crippen LogP contribution in [-0.2, 0) is 0 Å². The van der Waals surface area contributed by atoms with Crippen molar-refractivity contribution in [1.29, 1.82) is 0 Å². The Balaban J connectivity index is 2.04. The summed E-state index contributed by atoms with van der Waals surface area (Å²) in [6.45, 7) is 0.956. The second kappa shape index (κ2) is 4.65. The van der Waals surface area contributed by atoms with Gasteiger partial charge in [0, 0.05) is 0 Å². The van der Waals surface area contributed by atoms with Crippen molar-refractivity contribution in [2.75, 3.05) is 6.54 Å². The van der Waals surface area contributed by atoms with Crippen LogP contribution in [0.5, 0.6) is 0 Å². The van der Waals surface area contributed by atoms with E-state index in [4.69, 9.17) is 5.73 Å². The maximum Gasteiger partial charge on any atom is -0.00179 e. The Hall–Kier alpha value is -0.0400. The highest BCUT2D eigenvalue weighted by molar-refractivity contribution is 4.91. The first-order valence-electron chi connectivity index (χ1n) is 6.57. The van der Waals surface area contributed by atoms with E-state index in [2.05, 4.69) is 0 Å². The highest BCUT2D eigenvalue weighted by Gasteiger charge is 2.38. The zero-order chi connectivity index (χ0) is 9.86. The average Bonchev–Trinajstić information content (AvgIpc) is 2.64. The van der Waals surface area contributed by atoms with Gasteiger partial charge in [-0.05, 0) is 43.6 Å². The molecular weight excluding hydrogens is 170 g/mol. The van der Waals surface area contributed by atoms with Gasteiger partial charge in [-0.1, -0.05) is 38.5 Å². The van der Waals surface area contributed by atoms with Crippen LogP contribution >= 0.6 is 0 Å². The molecule has 0 aromatic carbocycles. The molecule has 2 rings (SSSR count). The van der Waals surface area contributed by atoms with E-state index < -0.39 is 0 Å². The van der Waals surface area contributed by atoms with Crippen LogP contribution in [-0.4, -0.2) is 6.54 Å². The molecule has 0 atom stereocenters. The van der Waals surface area contributed by atoms with Crippen molar-refractivity contribution in [3.05, 3.63) is 0 Å². The monoisotopic (exact) mass is 195 g/mol. The van der Waals surface area contributed by atoms with Crippen molar-refractivity contribution in [3.8, 4) is 0 Å². The lowest BCUT2D eigenvalue weighted by Crippen LogP contribution is -2.36. The third-order valence-electron chi connectivity index (χ3n) is 4.73. The fourth-order valence-corrected chi connectivity index (χ4v) is 3.75. The molecule has 1 heteroatoms. The molecule has 2 fully saturated rings. The lowest BCUT2D eigenvalue weighted by atomic mass is 9.69. The first kappa shape index (κ1) is 10.5. The lowest BCUT2D eigenvalue weighted by Gasteiger charge is -2.37. The Morgan fingerprint density at radius 2 is 1.43 bits per heavy atom. The molecule has 0 aromatic rings. The predicted molar refractivity (Wildman–Crippen MR) is 61.1 cm³/mol. The fraction of sp³-hybridized carbons (Fsp3) is 1.00. The van der Waals surface area contributed by atoms with Gasteiger partial charge in [0.25, 0.3) is 0 Å². The number of nitrogens with two attached hydrogens (primary N) is 1.